The molecule has 4 rings (SSSR count). The van der Waals surface area contributed by atoms with Crippen LogP contribution in [-0.2, 0) is 14.4 Å². The van der Waals surface area contributed by atoms with Crippen molar-refractivity contribution >= 4 is 36.0 Å². The number of hydrogen-bond donors (Lipinski definition) is 1. The van der Waals surface area contributed by atoms with Gasteiger partial charge in [0.2, 0.25) is 5.91 Å². The molecular weight excluding hydrogens is 369 g/mol. The van der Waals surface area contributed by atoms with E-state index in [9.17, 15) is 28.4 Å². The molecule has 2 fully saturated rings. The highest BCUT2D eigenvalue weighted by atomic mass is 19.1. The van der Waals surface area contributed by atoms with Crippen LogP contribution in [0.15, 0.2) is 12.1 Å². The Morgan fingerprint density at radius 3 is 2.32 bits per heavy atom. The number of imide groups is 1. The van der Waals surface area contributed by atoms with Crippen molar-refractivity contribution in [3.63, 3.8) is 0 Å². The number of anilines is 1. The fourth-order valence-corrected chi connectivity index (χ4v) is 4.39. The van der Waals surface area contributed by atoms with Crippen LogP contribution < -0.4 is 10.6 Å². The molecule has 2 heterocycles. The summed E-state index contributed by atoms with van der Waals surface area (Å²) in [5.74, 6) is -2.67. The minimum Gasteiger partial charge on any atom is -0.369 e. The number of hydrogen-bond acceptors (Lipinski definition) is 6. The summed E-state index contributed by atoms with van der Waals surface area (Å²) in [5.41, 5.74) is 5.39. The minimum absolute atomic E-state index is 0.00580. The van der Waals surface area contributed by atoms with Crippen LogP contribution in [-0.4, -0.2) is 54.3 Å². The second kappa shape index (κ2) is 6.50. The zero-order valence-corrected chi connectivity index (χ0v) is 14.8. The summed E-state index contributed by atoms with van der Waals surface area (Å²) in [7, 11) is 0. The number of carbonyl (C=O) groups is 5. The molecule has 2 unspecified atom stereocenters. The second-order valence-electron chi connectivity index (χ2n) is 7.44. The largest absolute Gasteiger partial charge is 0.369 e. The summed E-state index contributed by atoms with van der Waals surface area (Å²) >= 11 is 0. The van der Waals surface area contributed by atoms with Gasteiger partial charge in [-0.3, -0.25) is 19.3 Å². The van der Waals surface area contributed by atoms with Crippen LogP contribution in [0.5, 0.6) is 0 Å². The Balaban J connectivity index is 1.63. The number of piperidine rings is 1. The van der Waals surface area contributed by atoms with Crippen molar-refractivity contribution in [2.75, 3.05) is 18.0 Å². The molecule has 2 aliphatic heterocycles. The third-order valence-corrected chi connectivity index (χ3v) is 5.94. The average molecular weight is 387 g/mol. The average Bonchev–Trinajstić information content (AvgIpc) is 3.02. The van der Waals surface area contributed by atoms with Crippen LogP contribution in [0.1, 0.15) is 33.6 Å². The van der Waals surface area contributed by atoms with Gasteiger partial charge in [-0.1, -0.05) is 0 Å². The lowest BCUT2D eigenvalue weighted by Gasteiger charge is -2.22. The Hall–Kier alpha value is -3.10. The van der Waals surface area contributed by atoms with Gasteiger partial charge in [-0.2, -0.15) is 0 Å². The van der Waals surface area contributed by atoms with Gasteiger partial charge < -0.3 is 20.2 Å². The molecule has 1 saturated heterocycles. The number of rotatable bonds is 7. The number of fused-ring (bicyclic) bond motifs is 2. The maximum Gasteiger partial charge on any atom is 0.262 e. The van der Waals surface area contributed by atoms with E-state index in [4.69, 9.17) is 5.73 Å². The smallest absolute Gasteiger partial charge is 0.262 e. The highest BCUT2D eigenvalue weighted by molar-refractivity contribution is 6.23. The molecular formula is C19H18FN3O5. The zero-order chi connectivity index (χ0) is 20.2. The Kier molecular flexibility index (Phi) is 4.24. The molecule has 3 amide bonds. The molecule has 28 heavy (non-hydrogen) atoms. The summed E-state index contributed by atoms with van der Waals surface area (Å²) in [6, 6.07) is 1.06. The van der Waals surface area contributed by atoms with E-state index in [1.54, 1.807) is 4.90 Å². The van der Waals surface area contributed by atoms with E-state index in [1.807, 2.05) is 0 Å². The predicted molar refractivity (Wildman–Crippen MR) is 93.9 cm³/mol. The molecule has 1 aromatic rings. The van der Waals surface area contributed by atoms with Gasteiger partial charge >= 0.3 is 0 Å². The monoisotopic (exact) mass is 387 g/mol. The summed E-state index contributed by atoms with van der Waals surface area (Å²) in [4.78, 5) is 61.2. The number of halogens is 1. The summed E-state index contributed by atoms with van der Waals surface area (Å²) in [5, 5.41) is 0. The van der Waals surface area contributed by atoms with Gasteiger partial charge in [0.25, 0.3) is 11.8 Å². The van der Waals surface area contributed by atoms with E-state index >= 15 is 0 Å². The molecule has 1 aromatic carbocycles. The Bertz CT molecular complexity index is 905. The van der Waals surface area contributed by atoms with Gasteiger partial charge in [0.15, 0.2) is 0 Å². The number of amides is 3. The van der Waals surface area contributed by atoms with Crippen molar-refractivity contribution in [1.82, 2.24) is 4.90 Å². The van der Waals surface area contributed by atoms with E-state index in [-0.39, 0.29) is 47.4 Å². The van der Waals surface area contributed by atoms with Gasteiger partial charge in [-0.15, -0.1) is 0 Å². The van der Waals surface area contributed by atoms with Gasteiger partial charge in [0.05, 0.1) is 16.8 Å². The predicted octanol–water partition coefficient (Wildman–Crippen LogP) is 0.136. The van der Waals surface area contributed by atoms with E-state index in [0.29, 0.717) is 24.3 Å². The van der Waals surface area contributed by atoms with Crippen LogP contribution in [0.2, 0.25) is 0 Å². The quantitative estimate of drug-likeness (QED) is 0.525. The normalized spacial score (nSPS) is 26.1. The van der Waals surface area contributed by atoms with Crippen molar-refractivity contribution in [3.05, 3.63) is 29.1 Å². The van der Waals surface area contributed by atoms with E-state index < -0.39 is 29.6 Å². The van der Waals surface area contributed by atoms with E-state index in [0.717, 1.165) is 12.4 Å². The topological polar surface area (TPSA) is 118 Å². The molecule has 0 bridgehead atoms. The van der Waals surface area contributed by atoms with E-state index in [2.05, 4.69) is 0 Å². The molecule has 0 aromatic heterocycles. The molecule has 4 atom stereocenters. The van der Waals surface area contributed by atoms with Crippen LogP contribution in [0.3, 0.4) is 0 Å². The number of nitrogens with two attached hydrogens (primary N) is 1. The van der Waals surface area contributed by atoms with Crippen molar-refractivity contribution in [2.24, 2.45) is 23.5 Å². The van der Waals surface area contributed by atoms with E-state index in [1.165, 1.54) is 6.07 Å². The third kappa shape index (κ3) is 2.61. The van der Waals surface area contributed by atoms with Gasteiger partial charge in [-0.05, 0) is 30.4 Å². The lowest BCUT2D eigenvalue weighted by Crippen LogP contribution is -2.47. The fourth-order valence-electron chi connectivity index (χ4n) is 4.39. The second-order valence-corrected chi connectivity index (χ2v) is 7.44. The van der Waals surface area contributed by atoms with Crippen LogP contribution in [0.4, 0.5) is 10.1 Å². The number of benzene rings is 1. The highest BCUT2D eigenvalue weighted by Crippen LogP contribution is 2.51. The lowest BCUT2D eigenvalue weighted by atomic mass is 10.1. The maximum absolute atomic E-state index is 14.7. The molecule has 1 aliphatic carbocycles. The SMILES string of the molecule is NC(=O)C(CCC=O)N1C(=O)c2cc(F)c(N3C[C@@H]4C(C=O)[C@@H]4C3)cc2C1=O. The van der Waals surface area contributed by atoms with Crippen molar-refractivity contribution in [3.8, 4) is 0 Å². The third-order valence-electron chi connectivity index (χ3n) is 5.94. The fraction of sp³-hybridized carbons (Fsp3) is 0.421. The van der Waals surface area contributed by atoms with Gasteiger partial charge in [-0.25, -0.2) is 4.39 Å². The van der Waals surface area contributed by atoms with Crippen LogP contribution >= 0.6 is 0 Å². The first kappa shape index (κ1) is 18.3. The molecule has 9 heteroatoms. The first-order valence-corrected chi connectivity index (χ1v) is 9.03. The first-order chi connectivity index (χ1) is 13.4. The van der Waals surface area contributed by atoms with Crippen molar-refractivity contribution in [2.45, 2.75) is 18.9 Å². The number of primary amides is 1. The standard InChI is InChI=1S/C19H18FN3O5/c20-14-4-9-10(5-16(14)22-6-11-12(7-22)13(11)8-25)19(28)23(18(9)27)15(17(21)26)2-1-3-24/h3-5,8,11-13,15H,1-2,6-7H2,(H2,21,26)/t11-,12+,13?,15?. The maximum atomic E-state index is 14.7. The molecule has 3 aliphatic rings. The Morgan fingerprint density at radius 2 is 1.79 bits per heavy atom. The Morgan fingerprint density at radius 1 is 1.18 bits per heavy atom. The first-order valence-electron chi connectivity index (χ1n) is 9.03. The van der Waals surface area contributed by atoms with Gasteiger partial charge in [0.1, 0.15) is 24.4 Å². The summed E-state index contributed by atoms with van der Waals surface area (Å²) in [6.07, 6.45) is 1.36. The molecule has 0 radical (unpaired) electrons. The lowest BCUT2D eigenvalue weighted by molar-refractivity contribution is -0.122. The van der Waals surface area contributed by atoms with Crippen LogP contribution in [0.25, 0.3) is 0 Å². The highest BCUT2D eigenvalue weighted by Gasteiger charge is 2.56. The van der Waals surface area contributed by atoms with Crippen molar-refractivity contribution < 1.29 is 28.4 Å². The number of carbonyl (C=O) groups excluding carboxylic acids is 5. The zero-order valence-electron chi connectivity index (χ0n) is 14.8. The molecule has 8 nitrogen and oxygen atoms in total. The molecule has 2 N–H and O–H groups in total. The number of aldehydes is 2. The molecule has 0 spiro atoms. The van der Waals surface area contributed by atoms with Crippen molar-refractivity contribution in [1.29, 1.82) is 0 Å². The summed E-state index contributed by atoms with van der Waals surface area (Å²) < 4.78 is 14.7. The Labute approximate surface area is 159 Å². The molecule has 1 saturated carbocycles. The summed E-state index contributed by atoms with van der Waals surface area (Å²) in [6.45, 7) is 1.03. The minimum atomic E-state index is -1.27. The van der Waals surface area contributed by atoms with Gasteiger partial charge in [0, 0.05) is 25.4 Å². The van der Waals surface area contributed by atoms with Crippen LogP contribution in [0, 0.1) is 23.6 Å². The number of nitrogens with zero attached hydrogens (tertiary/aromatic N) is 2. The molecule has 146 valence electrons.